The van der Waals surface area contributed by atoms with Gasteiger partial charge < -0.3 is 14.8 Å². The van der Waals surface area contributed by atoms with Crippen LogP contribution in [-0.2, 0) is 14.3 Å². The Bertz CT molecular complexity index is 825. The van der Waals surface area contributed by atoms with Gasteiger partial charge in [-0.1, -0.05) is 12.1 Å². The largest absolute Gasteiger partial charge is 0.495 e. The van der Waals surface area contributed by atoms with Crippen LogP contribution in [-0.4, -0.2) is 35.8 Å². The monoisotopic (exact) mass is 390 g/mol. The van der Waals surface area contributed by atoms with Crippen molar-refractivity contribution in [1.29, 1.82) is 0 Å². The molecule has 0 fully saturated rings. The number of amides is 1. The third kappa shape index (κ3) is 6.00. The molecule has 1 atom stereocenters. The topological polar surface area (TPSA) is 108 Å². The maximum atomic E-state index is 12.2. The van der Waals surface area contributed by atoms with Crippen LogP contribution in [0, 0.1) is 10.1 Å². The molecular formula is C18H18N2O6S. The van der Waals surface area contributed by atoms with E-state index >= 15 is 0 Å². The first-order valence-electron chi connectivity index (χ1n) is 7.91. The van der Waals surface area contributed by atoms with Crippen molar-refractivity contribution < 1.29 is 24.0 Å². The van der Waals surface area contributed by atoms with Gasteiger partial charge in [-0.2, -0.15) is 0 Å². The lowest BCUT2D eigenvalue weighted by Gasteiger charge is -2.15. The molecular weight excluding hydrogens is 372 g/mol. The average molecular weight is 390 g/mol. The Labute approximate surface area is 160 Å². The third-order valence-electron chi connectivity index (χ3n) is 3.45. The quantitative estimate of drug-likeness (QED) is 0.319. The van der Waals surface area contributed by atoms with Crippen molar-refractivity contribution in [3.8, 4) is 5.75 Å². The molecule has 8 nitrogen and oxygen atoms in total. The van der Waals surface area contributed by atoms with Crippen molar-refractivity contribution in [2.45, 2.75) is 17.9 Å². The van der Waals surface area contributed by atoms with Gasteiger partial charge in [-0.05, 0) is 31.2 Å². The Hall–Kier alpha value is -3.07. The van der Waals surface area contributed by atoms with E-state index in [2.05, 4.69) is 5.32 Å². The highest BCUT2D eigenvalue weighted by molar-refractivity contribution is 8.00. The van der Waals surface area contributed by atoms with Crippen LogP contribution >= 0.6 is 11.8 Å². The number of hydrogen-bond donors (Lipinski definition) is 1. The Morgan fingerprint density at radius 3 is 2.48 bits per heavy atom. The zero-order chi connectivity index (χ0) is 19.8. The SMILES string of the molecule is COc1ccccc1NC(=O)[C@@H](C)OC(=O)CSc1ccc([N+](=O)[O-])cc1. The second-order valence-corrected chi connectivity index (χ2v) is 6.41. The molecule has 142 valence electrons. The highest BCUT2D eigenvalue weighted by atomic mass is 32.2. The van der Waals surface area contributed by atoms with Crippen molar-refractivity contribution in [1.82, 2.24) is 0 Å². The molecule has 0 saturated heterocycles. The van der Waals surface area contributed by atoms with Gasteiger partial charge in [-0.25, -0.2) is 0 Å². The number of hydrogen-bond acceptors (Lipinski definition) is 7. The van der Waals surface area contributed by atoms with E-state index in [1.165, 1.54) is 26.2 Å². The minimum Gasteiger partial charge on any atom is -0.495 e. The number of esters is 1. The van der Waals surface area contributed by atoms with Crippen LogP contribution in [0.4, 0.5) is 11.4 Å². The fourth-order valence-corrected chi connectivity index (χ4v) is 2.75. The Morgan fingerprint density at radius 1 is 1.19 bits per heavy atom. The van der Waals surface area contributed by atoms with Crippen molar-refractivity contribution in [2.75, 3.05) is 18.2 Å². The number of ether oxygens (including phenoxy) is 2. The number of nitro groups is 1. The fourth-order valence-electron chi connectivity index (χ4n) is 2.07. The van der Waals surface area contributed by atoms with Gasteiger partial charge in [0.1, 0.15) is 5.75 Å². The summed E-state index contributed by atoms with van der Waals surface area (Å²) in [6.07, 6.45) is -0.986. The minimum atomic E-state index is -0.986. The van der Waals surface area contributed by atoms with Crippen LogP contribution < -0.4 is 10.1 Å². The molecule has 0 spiro atoms. The molecule has 27 heavy (non-hydrogen) atoms. The fraction of sp³-hybridized carbons (Fsp3) is 0.222. The lowest BCUT2D eigenvalue weighted by atomic mass is 10.2. The summed E-state index contributed by atoms with van der Waals surface area (Å²) in [6.45, 7) is 1.47. The maximum Gasteiger partial charge on any atom is 0.317 e. The van der Waals surface area contributed by atoms with Crippen molar-refractivity contribution >= 4 is 35.0 Å². The number of non-ortho nitro benzene ring substituents is 1. The first-order valence-corrected chi connectivity index (χ1v) is 8.90. The number of carbonyl (C=O) groups is 2. The van der Waals surface area contributed by atoms with E-state index in [1.54, 1.807) is 36.4 Å². The zero-order valence-electron chi connectivity index (χ0n) is 14.7. The summed E-state index contributed by atoms with van der Waals surface area (Å²) in [5, 5.41) is 13.3. The van der Waals surface area contributed by atoms with Crippen LogP contribution in [0.25, 0.3) is 0 Å². The number of carbonyl (C=O) groups excluding carboxylic acids is 2. The van der Waals surface area contributed by atoms with Crippen LogP contribution in [0.1, 0.15) is 6.92 Å². The van der Waals surface area contributed by atoms with Gasteiger partial charge >= 0.3 is 5.97 Å². The Balaban J connectivity index is 1.83. The summed E-state index contributed by atoms with van der Waals surface area (Å²) in [5.74, 6) is -0.573. The number of anilines is 1. The predicted octanol–water partition coefficient (Wildman–Crippen LogP) is 3.27. The summed E-state index contributed by atoms with van der Waals surface area (Å²) in [4.78, 5) is 34.9. The summed E-state index contributed by atoms with van der Waals surface area (Å²) >= 11 is 1.16. The highest BCUT2D eigenvalue weighted by Crippen LogP contribution is 2.24. The number of rotatable bonds is 8. The maximum absolute atomic E-state index is 12.2. The van der Waals surface area contributed by atoms with E-state index in [4.69, 9.17) is 9.47 Å². The molecule has 0 aliphatic heterocycles. The summed E-state index contributed by atoms with van der Waals surface area (Å²) in [6, 6.07) is 12.7. The predicted molar refractivity (Wildman–Crippen MR) is 101 cm³/mol. The average Bonchev–Trinajstić information content (AvgIpc) is 2.67. The molecule has 2 rings (SSSR count). The lowest BCUT2D eigenvalue weighted by Crippen LogP contribution is -2.30. The van der Waals surface area contributed by atoms with Gasteiger partial charge in [0.05, 0.1) is 23.5 Å². The first kappa shape index (κ1) is 20.2. The van der Waals surface area contributed by atoms with Crippen molar-refractivity contribution in [3.63, 3.8) is 0 Å². The first-order chi connectivity index (χ1) is 12.9. The second kappa shape index (κ2) is 9.58. The van der Waals surface area contributed by atoms with E-state index in [9.17, 15) is 19.7 Å². The lowest BCUT2D eigenvalue weighted by molar-refractivity contribution is -0.384. The molecule has 0 unspecified atom stereocenters. The van der Waals surface area contributed by atoms with Crippen LogP contribution in [0.15, 0.2) is 53.4 Å². The molecule has 0 bridgehead atoms. The molecule has 0 aromatic heterocycles. The van der Waals surface area contributed by atoms with Gasteiger partial charge in [-0.3, -0.25) is 19.7 Å². The number of benzene rings is 2. The summed E-state index contributed by atoms with van der Waals surface area (Å²) in [7, 11) is 1.49. The number of nitrogens with one attached hydrogen (secondary N) is 1. The zero-order valence-corrected chi connectivity index (χ0v) is 15.5. The third-order valence-corrected chi connectivity index (χ3v) is 4.43. The number of thioether (sulfide) groups is 1. The van der Waals surface area contributed by atoms with E-state index < -0.39 is 22.9 Å². The molecule has 0 aliphatic rings. The van der Waals surface area contributed by atoms with Gasteiger partial charge in [0.2, 0.25) is 0 Å². The minimum absolute atomic E-state index is 0.0237. The summed E-state index contributed by atoms with van der Waals surface area (Å²) < 4.78 is 10.3. The molecule has 9 heteroatoms. The molecule has 0 heterocycles. The Kier molecular flexibility index (Phi) is 7.18. The van der Waals surface area contributed by atoms with Crippen LogP contribution in [0.2, 0.25) is 0 Å². The van der Waals surface area contributed by atoms with E-state index in [0.29, 0.717) is 16.3 Å². The molecule has 0 saturated carbocycles. The standard InChI is InChI=1S/C18H18N2O6S/c1-12(18(22)19-15-5-3-4-6-16(15)25-2)26-17(21)11-27-14-9-7-13(8-10-14)20(23)24/h3-10,12H,11H2,1-2H3,(H,19,22)/t12-/m1/s1. The number of methoxy groups -OCH3 is 1. The smallest absolute Gasteiger partial charge is 0.317 e. The van der Waals surface area contributed by atoms with Crippen LogP contribution in [0.3, 0.4) is 0 Å². The van der Waals surface area contributed by atoms with Gasteiger partial charge in [0.15, 0.2) is 6.10 Å². The number of nitrogens with zero attached hydrogens (tertiary/aromatic N) is 1. The van der Waals surface area contributed by atoms with Gasteiger partial charge in [0.25, 0.3) is 11.6 Å². The van der Waals surface area contributed by atoms with E-state index in [-0.39, 0.29) is 11.4 Å². The molecule has 0 aliphatic carbocycles. The van der Waals surface area contributed by atoms with Crippen LogP contribution in [0.5, 0.6) is 5.75 Å². The molecule has 0 radical (unpaired) electrons. The highest BCUT2D eigenvalue weighted by Gasteiger charge is 2.19. The number of para-hydroxylation sites is 2. The number of nitro benzene ring substituents is 1. The summed E-state index contributed by atoms with van der Waals surface area (Å²) in [5.41, 5.74) is 0.455. The molecule has 1 amide bonds. The molecule has 2 aromatic carbocycles. The molecule has 1 N–H and O–H groups in total. The van der Waals surface area contributed by atoms with E-state index in [1.807, 2.05) is 0 Å². The van der Waals surface area contributed by atoms with Crippen molar-refractivity contribution in [2.24, 2.45) is 0 Å². The van der Waals surface area contributed by atoms with Gasteiger partial charge in [-0.15, -0.1) is 11.8 Å². The van der Waals surface area contributed by atoms with E-state index in [0.717, 1.165) is 11.8 Å². The molecule has 2 aromatic rings. The Morgan fingerprint density at radius 2 is 1.85 bits per heavy atom. The second-order valence-electron chi connectivity index (χ2n) is 5.36. The van der Waals surface area contributed by atoms with Gasteiger partial charge in [0, 0.05) is 17.0 Å². The normalized spacial score (nSPS) is 11.3. The van der Waals surface area contributed by atoms with Crippen molar-refractivity contribution in [3.05, 3.63) is 58.6 Å².